The van der Waals surface area contributed by atoms with Crippen molar-refractivity contribution < 1.29 is 4.79 Å². The van der Waals surface area contributed by atoms with Crippen LogP contribution in [0.1, 0.15) is 13.8 Å². The number of para-hydroxylation sites is 1. The summed E-state index contributed by atoms with van der Waals surface area (Å²) in [6, 6.07) is 6.79. The molecular formula is C13H16ClN5O2. The second-order valence-electron chi connectivity index (χ2n) is 4.98. The summed E-state index contributed by atoms with van der Waals surface area (Å²) >= 11 is 6.01. The summed E-state index contributed by atoms with van der Waals surface area (Å²) in [5.41, 5.74) is -0.0826. The normalized spacial score (nSPS) is 10.9. The minimum absolute atomic E-state index is 0.171. The highest BCUT2D eigenvalue weighted by Gasteiger charge is 2.13. The number of nitrogens with one attached hydrogen (secondary N) is 1. The third-order valence-electron chi connectivity index (χ3n) is 2.72. The van der Waals surface area contributed by atoms with Gasteiger partial charge in [0, 0.05) is 6.54 Å². The van der Waals surface area contributed by atoms with E-state index >= 15 is 0 Å². The number of hydrogen-bond acceptors (Lipinski definition) is 4. The maximum Gasteiger partial charge on any atom is 0.369 e. The van der Waals surface area contributed by atoms with Gasteiger partial charge >= 0.3 is 5.69 Å². The average molecular weight is 310 g/mol. The molecule has 0 atom stereocenters. The van der Waals surface area contributed by atoms with Gasteiger partial charge in [0.05, 0.1) is 10.7 Å². The van der Waals surface area contributed by atoms with Crippen LogP contribution in [0.15, 0.2) is 29.1 Å². The quantitative estimate of drug-likeness (QED) is 0.888. The predicted molar refractivity (Wildman–Crippen MR) is 78.5 cm³/mol. The molecule has 0 unspecified atom stereocenters. The summed E-state index contributed by atoms with van der Waals surface area (Å²) in [7, 11) is 0. The highest BCUT2D eigenvalue weighted by Crippen LogP contribution is 2.16. The van der Waals surface area contributed by atoms with Crippen LogP contribution in [0.25, 0.3) is 5.69 Å². The van der Waals surface area contributed by atoms with E-state index in [1.807, 2.05) is 13.8 Å². The van der Waals surface area contributed by atoms with Crippen molar-refractivity contribution in [3.8, 4) is 5.69 Å². The largest absolute Gasteiger partial charge is 0.369 e. The Balaban J connectivity index is 2.17. The fourth-order valence-electron chi connectivity index (χ4n) is 1.66. The summed E-state index contributed by atoms with van der Waals surface area (Å²) < 4.78 is 2.07. The Morgan fingerprint density at radius 2 is 2.05 bits per heavy atom. The Kier molecular flexibility index (Phi) is 4.74. The van der Waals surface area contributed by atoms with Gasteiger partial charge in [-0.25, -0.2) is 4.79 Å². The van der Waals surface area contributed by atoms with E-state index in [2.05, 4.69) is 15.7 Å². The minimum atomic E-state index is -0.511. The minimum Gasteiger partial charge on any atom is -0.354 e. The molecule has 1 amide bonds. The molecule has 8 heteroatoms. The van der Waals surface area contributed by atoms with Gasteiger partial charge in [-0.15, -0.1) is 0 Å². The molecule has 0 spiro atoms. The topological polar surface area (TPSA) is 81.8 Å². The van der Waals surface area contributed by atoms with Crippen molar-refractivity contribution in [2.24, 2.45) is 5.92 Å². The third kappa shape index (κ3) is 3.69. The van der Waals surface area contributed by atoms with Gasteiger partial charge in [0.15, 0.2) is 0 Å². The standard InChI is InChI=1S/C13H16ClN5O2/c1-9(2)7-15-12(20)8-18-13(21)19(17-16-18)11-6-4-3-5-10(11)14/h3-6,9H,7-8H2,1-2H3,(H,15,20). The number of halogens is 1. The van der Waals surface area contributed by atoms with Gasteiger partial charge in [0.25, 0.3) is 0 Å². The molecule has 0 aliphatic rings. The first kappa shape index (κ1) is 15.2. The van der Waals surface area contributed by atoms with Crippen molar-refractivity contribution in [3.05, 3.63) is 39.8 Å². The van der Waals surface area contributed by atoms with E-state index in [9.17, 15) is 9.59 Å². The van der Waals surface area contributed by atoms with Gasteiger partial charge in [-0.2, -0.15) is 9.36 Å². The highest BCUT2D eigenvalue weighted by atomic mass is 35.5. The third-order valence-corrected chi connectivity index (χ3v) is 3.04. The molecule has 0 saturated carbocycles. The molecular weight excluding hydrogens is 294 g/mol. The summed E-state index contributed by atoms with van der Waals surface area (Å²) in [5, 5.41) is 10.5. The maximum absolute atomic E-state index is 12.2. The Morgan fingerprint density at radius 3 is 2.71 bits per heavy atom. The number of carbonyl (C=O) groups excluding carboxylic acids is 1. The molecule has 21 heavy (non-hydrogen) atoms. The maximum atomic E-state index is 12.2. The lowest BCUT2D eigenvalue weighted by Crippen LogP contribution is -2.35. The zero-order valence-corrected chi connectivity index (χ0v) is 12.5. The van der Waals surface area contributed by atoms with Gasteiger partial charge in [0.1, 0.15) is 6.54 Å². The fourth-order valence-corrected chi connectivity index (χ4v) is 1.87. The van der Waals surface area contributed by atoms with E-state index in [0.29, 0.717) is 23.2 Å². The van der Waals surface area contributed by atoms with Crippen molar-refractivity contribution in [1.82, 2.24) is 25.1 Å². The van der Waals surface area contributed by atoms with Crippen LogP contribution in [0.3, 0.4) is 0 Å². The summed E-state index contributed by atoms with van der Waals surface area (Å²) in [6.45, 7) is 4.35. The molecule has 0 aliphatic heterocycles. The number of aromatic nitrogens is 4. The van der Waals surface area contributed by atoms with Gasteiger partial charge in [-0.1, -0.05) is 37.6 Å². The molecule has 1 N–H and O–H groups in total. The van der Waals surface area contributed by atoms with E-state index < -0.39 is 5.69 Å². The van der Waals surface area contributed by atoms with E-state index in [4.69, 9.17) is 11.6 Å². The van der Waals surface area contributed by atoms with Gasteiger partial charge < -0.3 is 5.32 Å². The molecule has 7 nitrogen and oxygen atoms in total. The molecule has 1 aromatic heterocycles. The molecule has 0 saturated heterocycles. The number of benzene rings is 1. The number of rotatable bonds is 5. The van der Waals surface area contributed by atoms with Crippen LogP contribution in [0.4, 0.5) is 0 Å². The lowest BCUT2D eigenvalue weighted by atomic mass is 10.2. The molecule has 0 radical (unpaired) electrons. The van der Waals surface area contributed by atoms with E-state index in [0.717, 1.165) is 9.36 Å². The van der Waals surface area contributed by atoms with Crippen LogP contribution in [-0.2, 0) is 11.3 Å². The van der Waals surface area contributed by atoms with Crippen LogP contribution < -0.4 is 11.0 Å². The number of hydrogen-bond donors (Lipinski definition) is 1. The summed E-state index contributed by atoms with van der Waals surface area (Å²) in [4.78, 5) is 23.9. The lowest BCUT2D eigenvalue weighted by molar-refractivity contribution is -0.122. The second-order valence-corrected chi connectivity index (χ2v) is 5.39. The molecule has 2 aromatic rings. The fraction of sp³-hybridized carbons (Fsp3) is 0.385. The van der Waals surface area contributed by atoms with Crippen molar-refractivity contribution in [1.29, 1.82) is 0 Å². The predicted octanol–water partition coefficient (Wildman–Crippen LogP) is 0.855. The smallest absolute Gasteiger partial charge is 0.354 e. The van der Waals surface area contributed by atoms with Crippen LogP contribution in [0, 0.1) is 5.92 Å². The number of amides is 1. The SMILES string of the molecule is CC(C)CNC(=O)Cn1nnn(-c2ccccc2Cl)c1=O. The monoisotopic (exact) mass is 309 g/mol. The van der Waals surface area contributed by atoms with Crippen molar-refractivity contribution >= 4 is 17.5 Å². The van der Waals surface area contributed by atoms with Crippen LogP contribution in [0.5, 0.6) is 0 Å². The Bertz CT molecular complexity index is 692. The van der Waals surface area contributed by atoms with Crippen molar-refractivity contribution in [3.63, 3.8) is 0 Å². The summed E-state index contributed by atoms with van der Waals surface area (Å²) in [6.07, 6.45) is 0. The highest BCUT2D eigenvalue weighted by molar-refractivity contribution is 6.32. The van der Waals surface area contributed by atoms with E-state index in [1.165, 1.54) is 0 Å². The van der Waals surface area contributed by atoms with Crippen LogP contribution in [0.2, 0.25) is 5.02 Å². The Morgan fingerprint density at radius 1 is 1.33 bits per heavy atom. The van der Waals surface area contributed by atoms with E-state index in [-0.39, 0.29) is 12.5 Å². The Labute approximate surface area is 126 Å². The summed E-state index contributed by atoms with van der Waals surface area (Å²) in [5.74, 6) is 0.0569. The van der Waals surface area contributed by atoms with Crippen LogP contribution in [-0.4, -0.2) is 32.2 Å². The number of tetrazole rings is 1. The molecule has 112 valence electrons. The van der Waals surface area contributed by atoms with Gasteiger partial charge in [0.2, 0.25) is 5.91 Å². The first-order valence-corrected chi connectivity index (χ1v) is 6.91. The molecule has 1 heterocycles. The number of nitrogens with zero attached hydrogens (tertiary/aromatic N) is 4. The second kappa shape index (κ2) is 6.53. The number of carbonyl (C=O) groups is 1. The zero-order chi connectivity index (χ0) is 15.4. The van der Waals surface area contributed by atoms with Crippen molar-refractivity contribution in [2.45, 2.75) is 20.4 Å². The molecule has 1 aromatic carbocycles. The van der Waals surface area contributed by atoms with Crippen LogP contribution >= 0.6 is 11.6 Å². The Hall–Kier alpha value is -2.15. The molecule has 0 aliphatic carbocycles. The molecule has 2 rings (SSSR count). The van der Waals surface area contributed by atoms with Gasteiger partial charge in [-0.3, -0.25) is 4.79 Å². The zero-order valence-electron chi connectivity index (χ0n) is 11.8. The molecule has 0 bridgehead atoms. The lowest BCUT2D eigenvalue weighted by Gasteiger charge is -2.06. The first-order valence-electron chi connectivity index (χ1n) is 6.53. The van der Waals surface area contributed by atoms with Gasteiger partial charge in [-0.05, 0) is 28.5 Å². The molecule has 0 fully saturated rings. The van der Waals surface area contributed by atoms with E-state index in [1.54, 1.807) is 24.3 Å². The average Bonchev–Trinajstić information content (AvgIpc) is 2.79. The first-order chi connectivity index (χ1) is 9.99. The van der Waals surface area contributed by atoms with Crippen molar-refractivity contribution in [2.75, 3.05) is 6.54 Å².